The summed E-state index contributed by atoms with van der Waals surface area (Å²) < 4.78 is 5.90. The molecule has 1 N–H and O–H groups in total. The molecule has 1 aliphatic carbocycles. The molecule has 0 amide bonds. The van der Waals surface area contributed by atoms with E-state index in [1.54, 1.807) is 0 Å². The molecule has 2 rings (SSSR count). The molecule has 1 unspecified atom stereocenters. The zero-order chi connectivity index (χ0) is 16.1. The molecule has 0 heterocycles. The third kappa shape index (κ3) is 5.98. The van der Waals surface area contributed by atoms with E-state index in [0.29, 0.717) is 19.2 Å². The maximum Gasteiger partial charge on any atom is 0.125 e. The molecule has 1 aromatic rings. The first-order chi connectivity index (χ1) is 10.5. The lowest BCUT2D eigenvalue weighted by Crippen LogP contribution is -2.40. The highest BCUT2D eigenvalue weighted by atomic mass is 35.5. The van der Waals surface area contributed by atoms with Gasteiger partial charge in [0.1, 0.15) is 18.5 Å². The highest BCUT2D eigenvalue weighted by molar-refractivity contribution is 5.85. The van der Waals surface area contributed by atoms with Crippen molar-refractivity contribution in [3.8, 4) is 5.75 Å². The number of hydrogen-bond donors (Lipinski definition) is 1. The number of aryl methyl sites for hydroxylation is 3. The van der Waals surface area contributed by atoms with Crippen LogP contribution in [0.25, 0.3) is 0 Å². The Kier molecular flexibility index (Phi) is 8.38. The molecular weight excluding hydrogens is 310 g/mol. The summed E-state index contributed by atoms with van der Waals surface area (Å²) in [5.74, 6) is 0.921. The zero-order valence-corrected chi connectivity index (χ0v) is 15.8. The number of hydrogen-bond acceptors (Lipinski definition) is 3. The van der Waals surface area contributed by atoms with E-state index >= 15 is 0 Å². The molecule has 4 heteroatoms. The van der Waals surface area contributed by atoms with Crippen LogP contribution < -0.4 is 4.74 Å². The first-order valence-corrected chi connectivity index (χ1v) is 8.56. The lowest BCUT2D eigenvalue weighted by Gasteiger charge is -2.32. The molecule has 1 aromatic carbocycles. The van der Waals surface area contributed by atoms with Crippen molar-refractivity contribution in [1.29, 1.82) is 0 Å². The minimum absolute atomic E-state index is 0. The fourth-order valence-corrected chi connectivity index (χ4v) is 3.63. The normalized spacial score (nSPS) is 17.0. The lowest BCUT2D eigenvalue weighted by atomic mass is 9.94. The van der Waals surface area contributed by atoms with Gasteiger partial charge in [-0.05, 0) is 51.8 Å². The molecule has 0 aromatic heterocycles. The Morgan fingerprint density at radius 1 is 1.13 bits per heavy atom. The van der Waals surface area contributed by atoms with E-state index in [2.05, 4.69) is 44.9 Å². The molecule has 1 saturated carbocycles. The van der Waals surface area contributed by atoms with E-state index in [0.717, 1.165) is 16.9 Å². The third-order valence-corrected chi connectivity index (χ3v) is 4.72. The molecule has 0 radical (unpaired) electrons. The summed E-state index contributed by atoms with van der Waals surface area (Å²) >= 11 is 0. The molecule has 0 bridgehead atoms. The predicted molar refractivity (Wildman–Crippen MR) is 98.9 cm³/mol. The second kappa shape index (κ2) is 9.51. The molecule has 23 heavy (non-hydrogen) atoms. The maximum atomic E-state index is 10.3. The Morgan fingerprint density at radius 2 is 1.70 bits per heavy atom. The van der Waals surface area contributed by atoms with Gasteiger partial charge in [-0.3, -0.25) is 0 Å². The van der Waals surface area contributed by atoms with Crippen LogP contribution in [0, 0.1) is 20.8 Å². The van der Waals surface area contributed by atoms with Crippen molar-refractivity contribution in [2.24, 2.45) is 0 Å². The SMILES string of the molecule is Cc1cc(C)c(OCC(O)CN(C)C2CCCCC2)c(C)c1.Cl. The summed E-state index contributed by atoms with van der Waals surface area (Å²) in [6.07, 6.45) is 6.10. The van der Waals surface area contributed by atoms with Crippen LogP contribution in [-0.2, 0) is 0 Å². The fourth-order valence-electron chi connectivity index (χ4n) is 3.63. The summed E-state index contributed by atoms with van der Waals surface area (Å²) in [6.45, 7) is 7.28. The largest absolute Gasteiger partial charge is 0.490 e. The van der Waals surface area contributed by atoms with Crippen molar-refractivity contribution >= 4 is 12.4 Å². The van der Waals surface area contributed by atoms with Gasteiger partial charge in [0, 0.05) is 12.6 Å². The van der Waals surface area contributed by atoms with Gasteiger partial charge < -0.3 is 14.7 Å². The van der Waals surface area contributed by atoms with Gasteiger partial charge in [0.05, 0.1) is 0 Å². The molecule has 0 saturated heterocycles. The Hall–Kier alpha value is -0.770. The van der Waals surface area contributed by atoms with E-state index in [1.807, 2.05) is 0 Å². The van der Waals surface area contributed by atoms with Crippen LogP contribution in [0.2, 0.25) is 0 Å². The minimum atomic E-state index is -0.438. The van der Waals surface area contributed by atoms with Crippen molar-refractivity contribution in [2.75, 3.05) is 20.2 Å². The maximum absolute atomic E-state index is 10.3. The number of nitrogens with zero attached hydrogens (tertiary/aromatic N) is 1. The van der Waals surface area contributed by atoms with Crippen LogP contribution in [0.5, 0.6) is 5.75 Å². The van der Waals surface area contributed by atoms with E-state index in [4.69, 9.17) is 4.74 Å². The molecule has 1 aliphatic rings. The molecule has 132 valence electrons. The van der Waals surface area contributed by atoms with E-state index < -0.39 is 6.10 Å². The molecule has 0 aliphatic heterocycles. The van der Waals surface area contributed by atoms with E-state index in [9.17, 15) is 5.11 Å². The Bertz CT molecular complexity index is 463. The first-order valence-electron chi connectivity index (χ1n) is 8.56. The average molecular weight is 342 g/mol. The van der Waals surface area contributed by atoms with Gasteiger partial charge >= 0.3 is 0 Å². The molecule has 0 spiro atoms. The Morgan fingerprint density at radius 3 is 2.26 bits per heavy atom. The number of likely N-dealkylation sites (N-methyl/N-ethyl adjacent to an activating group) is 1. The monoisotopic (exact) mass is 341 g/mol. The number of rotatable bonds is 6. The van der Waals surface area contributed by atoms with Gasteiger partial charge in [-0.15, -0.1) is 12.4 Å². The van der Waals surface area contributed by atoms with Crippen LogP contribution in [0.4, 0.5) is 0 Å². The number of ether oxygens (including phenoxy) is 1. The number of halogens is 1. The van der Waals surface area contributed by atoms with Gasteiger partial charge in [0.25, 0.3) is 0 Å². The molecular formula is C19H32ClNO2. The Balaban J connectivity index is 0.00000264. The first kappa shape index (κ1) is 20.3. The summed E-state index contributed by atoms with van der Waals surface area (Å²) in [5, 5.41) is 10.3. The van der Waals surface area contributed by atoms with Crippen LogP contribution in [-0.4, -0.2) is 42.4 Å². The second-order valence-electron chi connectivity index (χ2n) is 6.92. The summed E-state index contributed by atoms with van der Waals surface area (Å²) in [7, 11) is 2.13. The second-order valence-corrected chi connectivity index (χ2v) is 6.92. The van der Waals surface area contributed by atoms with Crippen LogP contribution >= 0.6 is 12.4 Å². The van der Waals surface area contributed by atoms with Gasteiger partial charge in [-0.1, -0.05) is 37.0 Å². The molecule has 1 fully saturated rings. The molecule has 1 atom stereocenters. The fraction of sp³-hybridized carbons (Fsp3) is 0.684. The smallest absolute Gasteiger partial charge is 0.125 e. The quantitative estimate of drug-likeness (QED) is 0.847. The van der Waals surface area contributed by atoms with Crippen LogP contribution in [0.1, 0.15) is 48.8 Å². The number of aliphatic hydroxyl groups excluding tert-OH is 1. The Labute approximate surface area is 147 Å². The standard InChI is InChI=1S/C19H31NO2.ClH/c1-14-10-15(2)19(16(3)11-14)22-13-18(21)12-20(4)17-8-6-5-7-9-17;/h10-11,17-18,21H,5-9,12-13H2,1-4H3;1H. The topological polar surface area (TPSA) is 32.7 Å². The van der Waals surface area contributed by atoms with Gasteiger partial charge in [-0.25, -0.2) is 0 Å². The van der Waals surface area contributed by atoms with E-state index in [-0.39, 0.29) is 12.4 Å². The van der Waals surface area contributed by atoms with Crippen molar-refractivity contribution < 1.29 is 9.84 Å². The van der Waals surface area contributed by atoms with Gasteiger partial charge in [-0.2, -0.15) is 0 Å². The van der Waals surface area contributed by atoms with E-state index in [1.165, 1.54) is 37.7 Å². The minimum Gasteiger partial charge on any atom is -0.490 e. The summed E-state index contributed by atoms with van der Waals surface area (Å²) in [5.41, 5.74) is 3.54. The van der Waals surface area contributed by atoms with Gasteiger partial charge in [0.2, 0.25) is 0 Å². The average Bonchev–Trinajstić information content (AvgIpc) is 2.47. The van der Waals surface area contributed by atoms with Crippen molar-refractivity contribution in [3.05, 3.63) is 28.8 Å². The highest BCUT2D eigenvalue weighted by Gasteiger charge is 2.20. The van der Waals surface area contributed by atoms with Crippen LogP contribution in [0.3, 0.4) is 0 Å². The van der Waals surface area contributed by atoms with Gasteiger partial charge in [0.15, 0.2) is 0 Å². The third-order valence-electron chi connectivity index (χ3n) is 4.72. The van der Waals surface area contributed by atoms with Crippen molar-refractivity contribution in [3.63, 3.8) is 0 Å². The number of benzene rings is 1. The van der Waals surface area contributed by atoms with Crippen molar-refractivity contribution in [2.45, 2.75) is 65.0 Å². The predicted octanol–water partition coefficient (Wildman–Crippen LogP) is 4.04. The van der Waals surface area contributed by atoms with Crippen LogP contribution in [0.15, 0.2) is 12.1 Å². The summed E-state index contributed by atoms with van der Waals surface area (Å²) in [6, 6.07) is 4.89. The van der Waals surface area contributed by atoms with Crippen molar-refractivity contribution in [1.82, 2.24) is 4.90 Å². The summed E-state index contributed by atoms with van der Waals surface area (Å²) in [4.78, 5) is 2.31. The zero-order valence-electron chi connectivity index (χ0n) is 15.0. The molecule has 3 nitrogen and oxygen atoms in total. The lowest BCUT2D eigenvalue weighted by molar-refractivity contribution is 0.0558. The number of aliphatic hydroxyl groups is 1. The highest BCUT2D eigenvalue weighted by Crippen LogP contribution is 2.25.